The molecule has 5 heteroatoms. The number of aryl methyl sites for hydroxylation is 1. The van der Waals surface area contributed by atoms with Crippen molar-refractivity contribution < 1.29 is 0 Å². The Morgan fingerprint density at radius 3 is 2.85 bits per heavy atom. The number of aromatic nitrogens is 3. The third kappa shape index (κ3) is 2.58. The molecule has 0 amide bonds. The molecule has 0 saturated heterocycles. The molecule has 0 aliphatic heterocycles. The van der Waals surface area contributed by atoms with Crippen molar-refractivity contribution in [2.24, 2.45) is 0 Å². The second-order valence-electron chi connectivity index (χ2n) is 4.72. The normalized spacial score (nSPS) is 11.3. The van der Waals surface area contributed by atoms with Crippen LogP contribution in [0.4, 0.5) is 0 Å². The van der Waals surface area contributed by atoms with Gasteiger partial charge >= 0.3 is 0 Å². The van der Waals surface area contributed by atoms with Crippen LogP contribution in [0.15, 0.2) is 29.6 Å². The van der Waals surface area contributed by atoms with E-state index in [0.717, 1.165) is 41.4 Å². The van der Waals surface area contributed by atoms with E-state index in [1.165, 1.54) is 5.52 Å². The van der Waals surface area contributed by atoms with Gasteiger partial charge in [0.1, 0.15) is 10.8 Å². The van der Waals surface area contributed by atoms with Gasteiger partial charge in [-0.15, -0.1) is 22.9 Å². The molecule has 2 aromatic heterocycles. The van der Waals surface area contributed by atoms with Crippen LogP contribution in [-0.2, 0) is 18.8 Å². The average Bonchev–Trinajstić information content (AvgIpc) is 3.05. The predicted octanol–water partition coefficient (Wildman–Crippen LogP) is 4.23. The average molecular weight is 306 g/mol. The Morgan fingerprint density at radius 2 is 2.10 bits per heavy atom. The van der Waals surface area contributed by atoms with Gasteiger partial charge in [-0.3, -0.25) is 0 Å². The van der Waals surface area contributed by atoms with Gasteiger partial charge in [-0.2, -0.15) is 0 Å². The molecular formula is C15H16ClN3S. The van der Waals surface area contributed by atoms with E-state index in [0.29, 0.717) is 5.88 Å². The lowest BCUT2D eigenvalue weighted by Crippen LogP contribution is -2.05. The van der Waals surface area contributed by atoms with Crippen LogP contribution in [0.1, 0.15) is 29.9 Å². The lowest BCUT2D eigenvalue weighted by atomic mass is 10.3. The van der Waals surface area contributed by atoms with E-state index < -0.39 is 0 Å². The van der Waals surface area contributed by atoms with Crippen LogP contribution in [-0.4, -0.2) is 14.5 Å². The second kappa shape index (κ2) is 5.94. The minimum atomic E-state index is 0.475. The largest absolute Gasteiger partial charge is 0.321 e. The number of hydrogen-bond donors (Lipinski definition) is 0. The van der Waals surface area contributed by atoms with Crippen LogP contribution in [0.3, 0.4) is 0 Å². The molecule has 0 unspecified atom stereocenters. The third-order valence-electron chi connectivity index (χ3n) is 3.24. The topological polar surface area (TPSA) is 30.7 Å². The standard InChI is InChI=1S/C15H16ClN3S/c1-2-5-14-18-12-6-3-4-7-13(12)19(14)9-15-17-11(8-16)10-20-15/h3-4,6-7,10H,2,5,8-9H2,1H3. The zero-order valence-electron chi connectivity index (χ0n) is 11.3. The highest BCUT2D eigenvalue weighted by Crippen LogP contribution is 2.20. The smallest absolute Gasteiger partial charge is 0.113 e. The van der Waals surface area contributed by atoms with E-state index in [2.05, 4.69) is 34.7 Å². The first-order valence-corrected chi connectivity index (χ1v) is 8.16. The maximum atomic E-state index is 5.82. The number of halogens is 1. The monoisotopic (exact) mass is 305 g/mol. The van der Waals surface area contributed by atoms with Gasteiger partial charge in [-0.25, -0.2) is 9.97 Å². The molecule has 0 spiro atoms. The number of benzene rings is 1. The molecule has 0 fully saturated rings. The summed E-state index contributed by atoms with van der Waals surface area (Å²) in [6.07, 6.45) is 2.08. The van der Waals surface area contributed by atoms with E-state index in [4.69, 9.17) is 16.6 Å². The number of imidazole rings is 1. The first-order valence-electron chi connectivity index (χ1n) is 6.75. The molecule has 0 atom stereocenters. The van der Waals surface area contributed by atoms with Crippen molar-refractivity contribution in [3.8, 4) is 0 Å². The minimum absolute atomic E-state index is 0.475. The number of nitrogens with zero attached hydrogens (tertiary/aromatic N) is 3. The Kier molecular flexibility index (Phi) is 4.03. The summed E-state index contributed by atoms with van der Waals surface area (Å²) in [5, 5.41) is 3.11. The summed E-state index contributed by atoms with van der Waals surface area (Å²) < 4.78 is 2.27. The first kappa shape index (κ1) is 13.6. The summed E-state index contributed by atoms with van der Waals surface area (Å²) in [5.74, 6) is 1.61. The van der Waals surface area contributed by atoms with E-state index in [-0.39, 0.29) is 0 Å². The number of fused-ring (bicyclic) bond motifs is 1. The van der Waals surface area contributed by atoms with Crippen LogP contribution in [0.25, 0.3) is 11.0 Å². The highest BCUT2D eigenvalue weighted by molar-refractivity contribution is 7.09. The van der Waals surface area contributed by atoms with Crippen molar-refractivity contribution in [3.63, 3.8) is 0 Å². The zero-order chi connectivity index (χ0) is 13.9. The van der Waals surface area contributed by atoms with Gasteiger partial charge in [-0.1, -0.05) is 19.1 Å². The minimum Gasteiger partial charge on any atom is -0.321 e. The van der Waals surface area contributed by atoms with E-state index in [9.17, 15) is 0 Å². The lowest BCUT2D eigenvalue weighted by Gasteiger charge is -2.06. The van der Waals surface area contributed by atoms with Gasteiger partial charge in [0.05, 0.1) is 29.2 Å². The van der Waals surface area contributed by atoms with Gasteiger partial charge in [0.25, 0.3) is 0 Å². The van der Waals surface area contributed by atoms with Gasteiger partial charge in [-0.05, 0) is 18.6 Å². The SMILES string of the molecule is CCCc1nc2ccccc2n1Cc1nc(CCl)cs1. The van der Waals surface area contributed by atoms with Crippen LogP contribution in [0.5, 0.6) is 0 Å². The van der Waals surface area contributed by atoms with E-state index in [1.54, 1.807) is 11.3 Å². The Bertz CT molecular complexity index is 717. The third-order valence-corrected chi connectivity index (χ3v) is 4.39. The summed E-state index contributed by atoms with van der Waals surface area (Å²) in [5.41, 5.74) is 3.19. The summed E-state index contributed by atoms with van der Waals surface area (Å²) in [6.45, 7) is 2.95. The van der Waals surface area contributed by atoms with Crippen LogP contribution < -0.4 is 0 Å². The Labute approximate surface area is 127 Å². The first-order chi connectivity index (χ1) is 9.81. The van der Waals surface area contributed by atoms with Crippen LogP contribution in [0, 0.1) is 0 Å². The maximum Gasteiger partial charge on any atom is 0.113 e. The van der Waals surface area contributed by atoms with Gasteiger partial charge in [0.15, 0.2) is 0 Å². The number of rotatable bonds is 5. The number of thiazole rings is 1. The molecule has 0 aliphatic carbocycles. The fraction of sp³-hybridized carbons (Fsp3) is 0.333. The molecule has 0 N–H and O–H groups in total. The van der Waals surface area contributed by atoms with Crippen molar-refractivity contribution in [3.05, 3.63) is 46.2 Å². The zero-order valence-corrected chi connectivity index (χ0v) is 12.9. The molecule has 3 nitrogen and oxygen atoms in total. The van der Waals surface area contributed by atoms with Crippen molar-refractivity contribution in [1.82, 2.24) is 14.5 Å². The van der Waals surface area contributed by atoms with Crippen molar-refractivity contribution in [1.29, 1.82) is 0 Å². The van der Waals surface area contributed by atoms with E-state index in [1.807, 2.05) is 11.4 Å². The second-order valence-corrected chi connectivity index (χ2v) is 5.93. The molecule has 0 bridgehead atoms. The molecule has 2 heterocycles. The Morgan fingerprint density at radius 1 is 1.25 bits per heavy atom. The molecule has 104 valence electrons. The molecule has 20 heavy (non-hydrogen) atoms. The van der Waals surface area contributed by atoms with Gasteiger partial charge in [0, 0.05) is 11.8 Å². The fourth-order valence-corrected chi connectivity index (χ4v) is 3.34. The highest BCUT2D eigenvalue weighted by atomic mass is 35.5. The molecule has 3 aromatic rings. The molecular weight excluding hydrogens is 290 g/mol. The molecule has 1 aromatic carbocycles. The summed E-state index contributed by atoms with van der Waals surface area (Å²) in [4.78, 5) is 9.29. The van der Waals surface area contributed by atoms with Crippen LogP contribution in [0.2, 0.25) is 0 Å². The Balaban J connectivity index is 2.01. The number of para-hydroxylation sites is 2. The molecule has 3 rings (SSSR count). The number of alkyl halides is 1. The van der Waals surface area contributed by atoms with Crippen molar-refractivity contribution in [2.45, 2.75) is 32.2 Å². The fourth-order valence-electron chi connectivity index (χ4n) is 2.33. The van der Waals surface area contributed by atoms with Crippen molar-refractivity contribution >= 4 is 34.0 Å². The molecule has 0 saturated carbocycles. The summed E-state index contributed by atoms with van der Waals surface area (Å²) >= 11 is 7.49. The van der Waals surface area contributed by atoms with Crippen molar-refractivity contribution in [2.75, 3.05) is 0 Å². The number of hydrogen-bond acceptors (Lipinski definition) is 3. The maximum absolute atomic E-state index is 5.82. The van der Waals surface area contributed by atoms with E-state index >= 15 is 0 Å². The van der Waals surface area contributed by atoms with Crippen LogP contribution >= 0.6 is 22.9 Å². The lowest BCUT2D eigenvalue weighted by molar-refractivity contribution is 0.717. The quantitative estimate of drug-likeness (QED) is 0.660. The Hall–Kier alpha value is -1.39. The van der Waals surface area contributed by atoms with Gasteiger partial charge < -0.3 is 4.57 Å². The van der Waals surface area contributed by atoms with Gasteiger partial charge in [0.2, 0.25) is 0 Å². The highest BCUT2D eigenvalue weighted by Gasteiger charge is 2.11. The summed E-state index contributed by atoms with van der Waals surface area (Å²) in [6, 6.07) is 8.28. The molecule has 0 aliphatic rings. The molecule has 0 radical (unpaired) electrons. The predicted molar refractivity (Wildman–Crippen MR) is 84.5 cm³/mol. The summed E-state index contributed by atoms with van der Waals surface area (Å²) in [7, 11) is 0.